The average Bonchev–Trinajstić information content (AvgIpc) is 3.20. The molecule has 7 nitrogen and oxygen atoms in total. The topological polar surface area (TPSA) is 74.0 Å². The van der Waals surface area contributed by atoms with Crippen molar-refractivity contribution in [2.75, 3.05) is 0 Å². The number of hydrogen-bond acceptors (Lipinski definition) is 5. The largest absolute Gasteiger partial charge is 0.339 e. The van der Waals surface area contributed by atoms with Crippen molar-refractivity contribution in [3.05, 3.63) is 52.4 Å². The molecule has 0 unspecified atom stereocenters. The minimum Gasteiger partial charge on any atom is -0.339 e. The second-order valence-corrected chi connectivity index (χ2v) is 6.00. The van der Waals surface area contributed by atoms with Crippen molar-refractivity contribution in [2.24, 2.45) is 7.05 Å². The molecule has 122 valence electrons. The molecule has 4 rings (SSSR count). The van der Waals surface area contributed by atoms with Crippen molar-refractivity contribution in [2.45, 2.75) is 20.3 Å². The van der Waals surface area contributed by atoms with E-state index in [-0.39, 0.29) is 0 Å². The summed E-state index contributed by atoms with van der Waals surface area (Å²) in [6.45, 7) is 3.99. The number of pyridine rings is 1. The Hall–Kier alpha value is -2.67. The smallest absolute Gasteiger partial charge is 0.231 e. The van der Waals surface area contributed by atoms with E-state index in [9.17, 15) is 0 Å². The van der Waals surface area contributed by atoms with E-state index < -0.39 is 0 Å². The number of halogens is 1. The van der Waals surface area contributed by atoms with E-state index in [4.69, 9.17) is 16.1 Å². The van der Waals surface area contributed by atoms with Crippen LogP contribution in [-0.2, 0) is 13.5 Å². The molecule has 0 saturated heterocycles. The molecule has 0 saturated carbocycles. The maximum atomic E-state index is 6.26. The van der Waals surface area contributed by atoms with Gasteiger partial charge in [0.15, 0.2) is 5.15 Å². The van der Waals surface area contributed by atoms with E-state index in [0.29, 0.717) is 29.0 Å². The van der Waals surface area contributed by atoms with Gasteiger partial charge in [-0.2, -0.15) is 10.1 Å². The first kappa shape index (κ1) is 14.9. The van der Waals surface area contributed by atoms with E-state index in [1.54, 1.807) is 0 Å². The summed E-state index contributed by atoms with van der Waals surface area (Å²) in [5.41, 5.74) is 4.50. The van der Waals surface area contributed by atoms with Gasteiger partial charge in [0.05, 0.1) is 12.1 Å². The van der Waals surface area contributed by atoms with Gasteiger partial charge in [0.1, 0.15) is 11.3 Å². The van der Waals surface area contributed by atoms with Crippen LogP contribution >= 0.6 is 11.6 Å². The molecule has 24 heavy (non-hydrogen) atoms. The summed E-state index contributed by atoms with van der Waals surface area (Å²) in [6, 6.07) is 5.68. The first-order valence-electron chi connectivity index (χ1n) is 7.49. The van der Waals surface area contributed by atoms with Crippen LogP contribution < -0.4 is 0 Å². The minimum atomic E-state index is 0.349. The molecule has 0 bridgehead atoms. The highest BCUT2D eigenvalue weighted by molar-refractivity contribution is 6.32. The molecule has 4 heterocycles. The van der Waals surface area contributed by atoms with Crippen LogP contribution in [-0.4, -0.2) is 29.3 Å². The lowest BCUT2D eigenvalue weighted by Gasteiger charge is -1.97. The lowest BCUT2D eigenvalue weighted by molar-refractivity contribution is 0.385. The Balaban J connectivity index is 1.73. The molecule has 0 spiro atoms. The zero-order chi connectivity index (χ0) is 16.8. The van der Waals surface area contributed by atoms with Gasteiger partial charge in [-0.15, -0.1) is 0 Å². The maximum absolute atomic E-state index is 6.26. The molecule has 4 aromatic heterocycles. The second-order valence-electron chi connectivity index (χ2n) is 5.64. The van der Waals surface area contributed by atoms with Crippen LogP contribution in [0.15, 0.2) is 28.9 Å². The average molecular weight is 343 g/mol. The minimum absolute atomic E-state index is 0.349. The van der Waals surface area contributed by atoms with Crippen LogP contribution in [0.25, 0.3) is 17.2 Å². The Morgan fingerprint density at radius 2 is 2.04 bits per heavy atom. The van der Waals surface area contributed by atoms with Gasteiger partial charge < -0.3 is 4.52 Å². The molecule has 0 N–H and O–H groups in total. The molecular weight excluding hydrogens is 328 g/mol. The van der Waals surface area contributed by atoms with Crippen LogP contribution in [0.1, 0.15) is 22.8 Å². The van der Waals surface area contributed by atoms with Crippen molar-refractivity contribution in [1.29, 1.82) is 0 Å². The third-order valence-electron chi connectivity index (χ3n) is 4.15. The third-order valence-corrected chi connectivity index (χ3v) is 4.42. The number of fused-ring (bicyclic) bond motifs is 1. The Kier molecular flexibility index (Phi) is 3.38. The van der Waals surface area contributed by atoms with E-state index in [1.165, 1.54) is 0 Å². The fourth-order valence-corrected chi connectivity index (χ4v) is 3.08. The lowest BCUT2D eigenvalue weighted by atomic mass is 10.1. The summed E-state index contributed by atoms with van der Waals surface area (Å²) < 4.78 is 9.11. The van der Waals surface area contributed by atoms with Gasteiger partial charge in [-0.25, -0.2) is 4.98 Å². The standard InChI is InChI=1S/C16H15ClN6O/c1-9-11(10(2)22(3)20-9)8-13-19-16(21-24-13)14-15(17)18-12-6-4-5-7-23(12)14/h4-7H,8H2,1-3H3. The molecule has 0 aliphatic heterocycles. The number of hydrogen-bond donors (Lipinski definition) is 0. The summed E-state index contributed by atoms with van der Waals surface area (Å²) in [4.78, 5) is 8.80. The van der Waals surface area contributed by atoms with Crippen LogP contribution in [0.2, 0.25) is 5.15 Å². The summed E-state index contributed by atoms with van der Waals surface area (Å²) in [5.74, 6) is 0.944. The molecule has 0 aliphatic rings. The maximum Gasteiger partial charge on any atom is 0.231 e. The second kappa shape index (κ2) is 5.45. The summed E-state index contributed by atoms with van der Waals surface area (Å²) in [5, 5.41) is 8.83. The fourth-order valence-electron chi connectivity index (χ4n) is 2.81. The summed E-state index contributed by atoms with van der Waals surface area (Å²) in [7, 11) is 1.92. The van der Waals surface area contributed by atoms with Gasteiger partial charge in [-0.1, -0.05) is 22.8 Å². The molecular formula is C16H15ClN6O. The Bertz CT molecular complexity index is 1040. The van der Waals surface area contributed by atoms with Crippen LogP contribution in [0.4, 0.5) is 0 Å². The van der Waals surface area contributed by atoms with Crippen LogP contribution in [0.3, 0.4) is 0 Å². The number of rotatable bonds is 3. The SMILES string of the molecule is Cc1nn(C)c(C)c1Cc1nc(-c2c(Cl)nc3ccccn23)no1. The lowest BCUT2D eigenvalue weighted by Crippen LogP contribution is -1.95. The first-order chi connectivity index (χ1) is 11.5. The Morgan fingerprint density at radius 3 is 2.79 bits per heavy atom. The predicted molar refractivity (Wildman–Crippen MR) is 89.0 cm³/mol. The van der Waals surface area contributed by atoms with E-state index in [1.807, 2.05) is 54.4 Å². The van der Waals surface area contributed by atoms with Crippen LogP contribution in [0, 0.1) is 13.8 Å². The molecule has 8 heteroatoms. The number of imidazole rings is 1. The number of aryl methyl sites for hydroxylation is 2. The predicted octanol–water partition coefficient (Wildman–Crippen LogP) is 2.98. The van der Waals surface area contributed by atoms with Crippen molar-refractivity contribution in [3.63, 3.8) is 0 Å². The highest BCUT2D eigenvalue weighted by atomic mass is 35.5. The number of aromatic nitrogens is 6. The van der Waals surface area contributed by atoms with Crippen molar-refractivity contribution in [1.82, 2.24) is 29.3 Å². The van der Waals surface area contributed by atoms with Gasteiger partial charge >= 0.3 is 0 Å². The van der Waals surface area contributed by atoms with Crippen molar-refractivity contribution < 1.29 is 4.52 Å². The molecule has 4 aromatic rings. The van der Waals surface area contributed by atoms with Gasteiger partial charge in [0.25, 0.3) is 0 Å². The Labute approximate surface area is 142 Å². The van der Waals surface area contributed by atoms with E-state index in [2.05, 4.69) is 20.2 Å². The Morgan fingerprint density at radius 1 is 1.21 bits per heavy atom. The monoisotopic (exact) mass is 342 g/mol. The van der Waals surface area contributed by atoms with Gasteiger partial charge in [-0.3, -0.25) is 9.08 Å². The summed E-state index contributed by atoms with van der Waals surface area (Å²) >= 11 is 6.26. The fraction of sp³-hybridized carbons (Fsp3) is 0.250. The highest BCUT2D eigenvalue weighted by Crippen LogP contribution is 2.27. The van der Waals surface area contributed by atoms with Crippen molar-refractivity contribution >= 4 is 17.2 Å². The normalized spacial score (nSPS) is 11.5. The van der Waals surface area contributed by atoms with Gasteiger partial charge in [0, 0.05) is 24.5 Å². The zero-order valence-corrected chi connectivity index (χ0v) is 14.2. The van der Waals surface area contributed by atoms with Crippen LogP contribution in [0.5, 0.6) is 0 Å². The molecule has 0 atom stereocenters. The van der Waals surface area contributed by atoms with Gasteiger partial charge in [0.2, 0.25) is 11.7 Å². The van der Waals surface area contributed by atoms with E-state index in [0.717, 1.165) is 22.6 Å². The first-order valence-corrected chi connectivity index (χ1v) is 7.87. The van der Waals surface area contributed by atoms with Gasteiger partial charge in [-0.05, 0) is 26.0 Å². The molecule has 0 fully saturated rings. The number of nitrogens with zero attached hydrogens (tertiary/aromatic N) is 6. The summed E-state index contributed by atoms with van der Waals surface area (Å²) in [6.07, 6.45) is 2.40. The quantitative estimate of drug-likeness (QED) is 0.572. The molecule has 0 aromatic carbocycles. The zero-order valence-electron chi connectivity index (χ0n) is 13.5. The highest BCUT2D eigenvalue weighted by Gasteiger charge is 2.19. The third kappa shape index (κ3) is 2.28. The van der Waals surface area contributed by atoms with Crippen molar-refractivity contribution in [3.8, 4) is 11.5 Å². The molecule has 0 amide bonds. The molecule has 0 radical (unpaired) electrons. The molecule has 0 aliphatic carbocycles. The van der Waals surface area contributed by atoms with E-state index >= 15 is 0 Å².